The summed E-state index contributed by atoms with van der Waals surface area (Å²) in [5, 5.41) is 21.0. The van der Waals surface area contributed by atoms with Crippen molar-refractivity contribution in [3.05, 3.63) is 116 Å². The first kappa shape index (κ1) is 20.6. The van der Waals surface area contributed by atoms with Gasteiger partial charge in [-0.25, -0.2) is 0 Å². The number of allylic oxidation sites excluding steroid dienone is 3. The van der Waals surface area contributed by atoms with Crippen molar-refractivity contribution in [3.63, 3.8) is 0 Å². The number of benzene rings is 1. The van der Waals surface area contributed by atoms with Gasteiger partial charge in [-0.1, -0.05) is 6.08 Å². The normalized spacial score (nSPS) is 12.7. The Balaban J connectivity index is 1.98. The minimum absolute atomic E-state index is 0.0681. The van der Waals surface area contributed by atoms with E-state index in [1.165, 1.54) is 0 Å². The van der Waals surface area contributed by atoms with Crippen LogP contribution < -0.4 is 10.4 Å². The van der Waals surface area contributed by atoms with E-state index in [-0.39, 0.29) is 11.4 Å². The third-order valence-electron chi connectivity index (χ3n) is 6.15. The zero-order valence-corrected chi connectivity index (χ0v) is 17.9. The van der Waals surface area contributed by atoms with Crippen LogP contribution in [0.3, 0.4) is 0 Å². The van der Waals surface area contributed by atoms with Gasteiger partial charge in [-0.05, 0) is 86.2 Å². The maximum atomic E-state index is 9.52. The van der Waals surface area contributed by atoms with Crippen molar-refractivity contribution < 1.29 is 0 Å². The third-order valence-corrected chi connectivity index (χ3v) is 6.15. The predicted octanol–water partition coefficient (Wildman–Crippen LogP) is 3.88. The first-order valence-corrected chi connectivity index (χ1v) is 10.4. The molecule has 6 nitrogen and oxygen atoms in total. The highest BCUT2D eigenvalue weighted by molar-refractivity contribution is 5.87. The van der Waals surface area contributed by atoms with Gasteiger partial charge in [0.2, 0.25) is 0 Å². The van der Waals surface area contributed by atoms with Gasteiger partial charge in [0, 0.05) is 31.2 Å². The molecule has 0 bridgehead atoms. The molecule has 156 valence electrons. The smallest absolute Gasteiger partial charge is 0.265 e. The second kappa shape index (κ2) is 8.33. The summed E-state index contributed by atoms with van der Waals surface area (Å²) < 4.78 is 0. The molecule has 0 unspecified atom stereocenters. The van der Waals surface area contributed by atoms with Gasteiger partial charge >= 0.3 is 5.82 Å². The number of fused-ring (bicyclic) bond motifs is 2. The number of nitrogens with zero attached hydrogens (tertiary/aromatic N) is 6. The van der Waals surface area contributed by atoms with Gasteiger partial charge in [-0.3, -0.25) is 9.97 Å². The summed E-state index contributed by atoms with van der Waals surface area (Å²) in [4.78, 5) is 15.2. The zero-order valence-electron chi connectivity index (χ0n) is 17.9. The molecule has 0 aliphatic heterocycles. The zero-order chi connectivity index (χ0) is 23.7. The lowest BCUT2D eigenvalue weighted by Gasteiger charge is -2.16. The van der Waals surface area contributed by atoms with Crippen LogP contribution in [0.1, 0.15) is 11.1 Å². The fraction of sp³-hybridized carbons (Fsp3) is 0.0714. The van der Waals surface area contributed by atoms with Crippen LogP contribution in [0.15, 0.2) is 71.6 Å². The van der Waals surface area contributed by atoms with E-state index in [0.29, 0.717) is 24.0 Å². The lowest BCUT2D eigenvalue weighted by atomic mass is 9.88. The molecule has 0 atom stereocenters. The molecular weight excluding hydrogens is 420 g/mol. The molecule has 2 aliphatic carbocycles. The molecule has 0 saturated heterocycles. The van der Waals surface area contributed by atoms with Gasteiger partial charge in [0.1, 0.15) is 30.9 Å². The quantitative estimate of drug-likeness (QED) is 0.453. The molecule has 0 saturated carbocycles. The van der Waals surface area contributed by atoms with Gasteiger partial charge in [-0.15, -0.1) is 0 Å². The van der Waals surface area contributed by atoms with E-state index >= 15 is 0 Å². The average molecular weight is 434 g/mol. The second-order valence-electron chi connectivity index (χ2n) is 7.84. The molecule has 5 rings (SSSR count). The molecule has 0 fully saturated rings. The van der Waals surface area contributed by atoms with E-state index in [0.717, 1.165) is 43.8 Å². The molecule has 2 heterocycles. The Morgan fingerprint density at radius 1 is 0.735 bits per heavy atom. The van der Waals surface area contributed by atoms with Crippen LogP contribution in [0.2, 0.25) is 0 Å². The molecule has 0 N–H and O–H groups in total. The van der Waals surface area contributed by atoms with E-state index in [2.05, 4.69) is 19.7 Å². The Labute approximate surface area is 196 Å². The van der Waals surface area contributed by atoms with Crippen molar-refractivity contribution in [1.29, 1.82) is 10.5 Å². The molecule has 0 amide bonds. The van der Waals surface area contributed by atoms with Crippen LogP contribution in [-0.2, 0) is 12.8 Å². The van der Waals surface area contributed by atoms with Gasteiger partial charge in [0.05, 0.1) is 5.57 Å². The monoisotopic (exact) mass is 434 g/mol. The van der Waals surface area contributed by atoms with Crippen molar-refractivity contribution in [2.75, 3.05) is 0 Å². The summed E-state index contributed by atoms with van der Waals surface area (Å²) in [5.74, 6) is 0.0681. The topological polar surface area (TPSA) is 82.1 Å². The highest BCUT2D eigenvalue weighted by atomic mass is 14.9. The van der Waals surface area contributed by atoms with Crippen LogP contribution in [-0.4, -0.2) is 9.97 Å². The van der Waals surface area contributed by atoms with Gasteiger partial charge in [0.25, 0.3) is 0 Å². The SMILES string of the molecule is [C-]#[N+]C([N+]#[C-])=C1C=c2c(c(-c3ccncc3)c3c(c2-c2ccncc2)CC(=C(C#N)C#N)C=3)C1. The van der Waals surface area contributed by atoms with Gasteiger partial charge < -0.3 is 0 Å². The van der Waals surface area contributed by atoms with Crippen LogP contribution in [0.4, 0.5) is 0 Å². The van der Waals surface area contributed by atoms with Crippen molar-refractivity contribution in [2.24, 2.45) is 0 Å². The molecule has 6 heteroatoms. The Kier molecular flexibility index (Phi) is 5.04. The minimum atomic E-state index is 0.0681. The first-order chi connectivity index (χ1) is 16.7. The molecule has 2 aromatic heterocycles. The lowest BCUT2D eigenvalue weighted by molar-refractivity contribution is 1.18. The fourth-order valence-electron chi connectivity index (χ4n) is 4.75. The van der Waals surface area contributed by atoms with E-state index in [9.17, 15) is 10.5 Å². The average Bonchev–Trinajstić information content (AvgIpc) is 3.50. The van der Waals surface area contributed by atoms with Crippen LogP contribution in [0.5, 0.6) is 0 Å². The van der Waals surface area contributed by atoms with E-state index < -0.39 is 0 Å². The summed E-state index contributed by atoms with van der Waals surface area (Å²) in [7, 11) is 0. The number of pyridine rings is 2. The highest BCUT2D eigenvalue weighted by Crippen LogP contribution is 2.34. The third kappa shape index (κ3) is 3.16. The Morgan fingerprint density at radius 2 is 1.18 bits per heavy atom. The van der Waals surface area contributed by atoms with Crippen LogP contribution in [0, 0.1) is 35.8 Å². The molecule has 2 aliphatic rings. The maximum Gasteiger partial charge on any atom is 0.522 e. The van der Waals surface area contributed by atoms with Gasteiger partial charge in [0.15, 0.2) is 0 Å². The molecule has 34 heavy (non-hydrogen) atoms. The fourth-order valence-corrected chi connectivity index (χ4v) is 4.75. The number of aromatic nitrogens is 2. The largest absolute Gasteiger partial charge is 0.522 e. The number of nitriles is 2. The summed E-state index contributed by atoms with van der Waals surface area (Å²) in [5.41, 5.74) is 7.39. The highest BCUT2D eigenvalue weighted by Gasteiger charge is 2.29. The van der Waals surface area contributed by atoms with Crippen LogP contribution >= 0.6 is 0 Å². The lowest BCUT2D eigenvalue weighted by Crippen LogP contribution is -2.22. The Hall–Kier alpha value is -5.30. The van der Waals surface area contributed by atoms with E-state index in [1.807, 2.05) is 48.6 Å². The van der Waals surface area contributed by atoms with Crippen molar-refractivity contribution in [3.8, 4) is 34.4 Å². The predicted molar refractivity (Wildman–Crippen MR) is 127 cm³/mol. The Morgan fingerprint density at radius 3 is 1.62 bits per heavy atom. The van der Waals surface area contributed by atoms with E-state index in [1.54, 1.807) is 24.8 Å². The molecule has 0 spiro atoms. The summed E-state index contributed by atoms with van der Waals surface area (Å²) >= 11 is 0. The van der Waals surface area contributed by atoms with Crippen molar-refractivity contribution in [2.45, 2.75) is 12.8 Å². The summed E-state index contributed by atoms with van der Waals surface area (Å²) in [6.45, 7) is 14.9. The maximum absolute atomic E-state index is 9.52. The first-order valence-electron chi connectivity index (χ1n) is 10.4. The number of hydrogen-bond donors (Lipinski definition) is 0. The second-order valence-corrected chi connectivity index (χ2v) is 7.84. The number of rotatable bonds is 2. The summed E-state index contributed by atoms with van der Waals surface area (Å²) in [6.07, 6.45) is 11.7. The Bertz CT molecular complexity index is 1550. The van der Waals surface area contributed by atoms with Crippen molar-refractivity contribution >= 4 is 12.2 Å². The van der Waals surface area contributed by atoms with E-state index in [4.69, 9.17) is 13.1 Å². The number of hydrogen-bond acceptors (Lipinski definition) is 4. The standard InChI is InChI=1S/C28H14N6/c1-31-28(32-2)20-13-24-25(14-20)27(18-5-9-34-10-6-18)23-12-19(21(15-29)16-30)11-22(23)26(24)17-3-7-33-8-4-17/h3-11,14H,12-13H2. The van der Waals surface area contributed by atoms with Crippen molar-refractivity contribution in [1.82, 2.24) is 9.97 Å². The molecule has 3 aromatic rings. The minimum Gasteiger partial charge on any atom is -0.265 e. The molecule has 1 aromatic carbocycles. The summed E-state index contributed by atoms with van der Waals surface area (Å²) in [6, 6.07) is 11.8. The molecular formula is C28H14N6. The molecule has 0 radical (unpaired) electrons. The van der Waals surface area contributed by atoms with Gasteiger partial charge in [-0.2, -0.15) is 20.2 Å². The van der Waals surface area contributed by atoms with Crippen LogP contribution in [0.25, 0.3) is 44.1 Å².